The quantitative estimate of drug-likeness (QED) is 0.821. The van der Waals surface area contributed by atoms with Crippen molar-refractivity contribution in [1.29, 1.82) is 0 Å². The lowest BCUT2D eigenvalue weighted by molar-refractivity contribution is -0.118. The van der Waals surface area contributed by atoms with Gasteiger partial charge in [0.1, 0.15) is 5.75 Å². The Morgan fingerprint density at radius 3 is 2.50 bits per heavy atom. The lowest BCUT2D eigenvalue weighted by Gasteiger charge is -2.08. The second-order valence-corrected chi connectivity index (χ2v) is 6.02. The van der Waals surface area contributed by atoms with Gasteiger partial charge in [-0.15, -0.1) is 0 Å². The van der Waals surface area contributed by atoms with Gasteiger partial charge in [0, 0.05) is 14.6 Å². The highest BCUT2D eigenvalue weighted by molar-refractivity contribution is 9.10. The smallest absolute Gasteiger partial charge is 0.262 e. The monoisotopic (exact) mass is 397 g/mol. The molecule has 0 atom stereocenters. The van der Waals surface area contributed by atoms with Crippen molar-refractivity contribution >= 4 is 43.5 Å². The molecule has 2 aromatic rings. The van der Waals surface area contributed by atoms with E-state index in [0.29, 0.717) is 5.75 Å². The third-order valence-electron chi connectivity index (χ3n) is 2.63. The van der Waals surface area contributed by atoms with Gasteiger partial charge in [0.2, 0.25) is 0 Å². The second kappa shape index (κ2) is 6.90. The zero-order valence-electron chi connectivity index (χ0n) is 10.8. The van der Waals surface area contributed by atoms with Crippen LogP contribution >= 0.6 is 31.9 Å². The third-order valence-corrected chi connectivity index (χ3v) is 4.05. The number of carbonyl (C=O) groups is 1. The number of ether oxygens (including phenoxy) is 1. The first kappa shape index (κ1) is 15.1. The minimum atomic E-state index is -0.187. The Morgan fingerprint density at radius 1 is 1.15 bits per heavy atom. The standard InChI is InChI=1S/C15H13Br2NO2/c1-10-8-13(6-7-14(10)17)20-9-15(19)18-12-4-2-11(16)3-5-12/h2-8H,9H2,1H3,(H,18,19). The Bertz CT molecular complexity index is 612. The van der Waals surface area contributed by atoms with E-state index in [9.17, 15) is 4.79 Å². The fourth-order valence-corrected chi connectivity index (χ4v) is 2.10. The van der Waals surface area contributed by atoms with Crippen LogP contribution in [0.15, 0.2) is 51.4 Å². The molecule has 0 spiro atoms. The molecule has 2 aromatic carbocycles. The molecule has 0 saturated carbocycles. The number of halogens is 2. The Morgan fingerprint density at radius 2 is 1.85 bits per heavy atom. The Hall–Kier alpha value is -1.33. The van der Waals surface area contributed by atoms with Crippen LogP contribution in [0.1, 0.15) is 5.56 Å². The number of amides is 1. The van der Waals surface area contributed by atoms with E-state index < -0.39 is 0 Å². The fraction of sp³-hybridized carbons (Fsp3) is 0.133. The third kappa shape index (κ3) is 4.35. The van der Waals surface area contributed by atoms with Crippen molar-refractivity contribution in [2.45, 2.75) is 6.92 Å². The molecule has 0 aromatic heterocycles. The average Bonchev–Trinajstić information content (AvgIpc) is 2.43. The SMILES string of the molecule is Cc1cc(OCC(=O)Nc2ccc(Br)cc2)ccc1Br. The summed E-state index contributed by atoms with van der Waals surface area (Å²) in [7, 11) is 0. The molecule has 0 aliphatic carbocycles. The lowest BCUT2D eigenvalue weighted by atomic mass is 10.2. The number of carbonyl (C=O) groups excluding carboxylic acids is 1. The highest BCUT2D eigenvalue weighted by Gasteiger charge is 2.04. The van der Waals surface area contributed by atoms with Gasteiger partial charge in [-0.25, -0.2) is 0 Å². The molecule has 20 heavy (non-hydrogen) atoms. The summed E-state index contributed by atoms with van der Waals surface area (Å²) in [5, 5.41) is 2.77. The van der Waals surface area contributed by atoms with E-state index in [2.05, 4.69) is 37.2 Å². The Kier molecular flexibility index (Phi) is 5.20. The maximum atomic E-state index is 11.8. The second-order valence-electron chi connectivity index (χ2n) is 4.25. The van der Waals surface area contributed by atoms with Crippen LogP contribution in [0.5, 0.6) is 5.75 Å². The van der Waals surface area contributed by atoms with Crippen LogP contribution in [0, 0.1) is 6.92 Å². The molecule has 0 aliphatic heterocycles. The van der Waals surface area contributed by atoms with Gasteiger partial charge < -0.3 is 10.1 Å². The van der Waals surface area contributed by atoms with E-state index in [0.717, 1.165) is 20.2 Å². The molecule has 3 nitrogen and oxygen atoms in total. The molecule has 104 valence electrons. The van der Waals surface area contributed by atoms with Gasteiger partial charge in [-0.05, 0) is 55.0 Å². The van der Waals surface area contributed by atoms with E-state index in [1.165, 1.54) is 0 Å². The van der Waals surface area contributed by atoms with Gasteiger partial charge in [0.25, 0.3) is 5.91 Å². The number of hydrogen-bond acceptors (Lipinski definition) is 2. The zero-order valence-corrected chi connectivity index (χ0v) is 14.0. The molecular formula is C15H13Br2NO2. The minimum absolute atomic E-state index is 0.0167. The van der Waals surface area contributed by atoms with Gasteiger partial charge in [-0.1, -0.05) is 31.9 Å². The minimum Gasteiger partial charge on any atom is -0.484 e. The van der Waals surface area contributed by atoms with E-state index in [1.807, 2.05) is 49.4 Å². The van der Waals surface area contributed by atoms with E-state index in [4.69, 9.17) is 4.74 Å². The van der Waals surface area contributed by atoms with E-state index >= 15 is 0 Å². The van der Waals surface area contributed by atoms with E-state index in [-0.39, 0.29) is 12.5 Å². The van der Waals surface area contributed by atoms with Crippen molar-refractivity contribution in [2.24, 2.45) is 0 Å². The summed E-state index contributed by atoms with van der Waals surface area (Å²) >= 11 is 6.77. The molecular weight excluding hydrogens is 386 g/mol. The molecule has 0 aliphatic rings. The van der Waals surface area contributed by atoms with Crippen LogP contribution in [0.4, 0.5) is 5.69 Å². The molecule has 0 heterocycles. The summed E-state index contributed by atoms with van der Waals surface area (Å²) in [6.07, 6.45) is 0. The number of rotatable bonds is 4. The zero-order chi connectivity index (χ0) is 14.5. The van der Waals surface area contributed by atoms with Crippen molar-refractivity contribution in [2.75, 3.05) is 11.9 Å². The summed E-state index contributed by atoms with van der Waals surface area (Å²) in [4.78, 5) is 11.8. The van der Waals surface area contributed by atoms with Crippen LogP contribution in [0.3, 0.4) is 0 Å². The summed E-state index contributed by atoms with van der Waals surface area (Å²) in [5.74, 6) is 0.490. The molecule has 1 amide bonds. The van der Waals surface area contributed by atoms with Gasteiger partial charge in [-0.2, -0.15) is 0 Å². The van der Waals surface area contributed by atoms with Crippen LogP contribution in [0.25, 0.3) is 0 Å². The summed E-state index contributed by atoms with van der Waals surface area (Å²) in [6, 6.07) is 13.0. The van der Waals surface area contributed by atoms with Gasteiger partial charge >= 0.3 is 0 Å². The topological polar surface area (TPSA) is 38.3 Å². The molecule has 0 bridgehead atoms. The summed E-state index contributed by atoms with van der Waals surface area (Å²) in [5.41, 5.74) is 1.81. The van der Waals surface area contributed by atoms with Crippen LogP contribution in [-0.2, 0) is 4.79 Å². The van der Waals surface area contributed by atoms with Crippen molar-refractivity contribution in [1.82, 2.24) is 0 Å². The molecule has 0 saturated heterocycles. The summed E-state index contributed by atoms with van der Waals surface area (Å²) in [6.45, 7) is 1.95. The van der Waals surface area contributed by atoms with Crippen molar-refractivity contribution in [3.05, 3.63) is 57.0 Å². The number of anilines is 1. The maximum Gasteiger partial charge on any atom is 0.262 e. The first-order valence-electron chi connectivity index (χ1n) is 5.99. The molecule has 0 unspecified atom stereocenters. The largest absolute Gasteiger partial charge is 0.484 e. The van der Waals surface area contributed by atoms with Gasteiger partial charge in [-0.3, -0.25) is 4.79 Å². The van der Waals surface area contributed by atoms with Crippen LogP contribution < -0.4 is 10.1 Å². The van der Waals surface area contributed by atoms with Crippen molar-refractivity contribution < 1.29 is 9.53 Å². The number of benzene rings is 2. The molecule has 0 fully saturated rings. The summed E-state index contributed by atoms with van der Waals surface area (Å²) < 4.78 is 7.44. The molecule has 0 radical (unpaired) electrons. The molecule has 1 N–H and O–H groups in total. The maximum absolute atomic E-state index is 11.8. The Labute approximate surface area is 134 Å². The van der Waals surface area contributed by atoms with Crippen LogP contribution in [-0.4, -0.2) is 12.5 Å². The predicted molar refractivity (Wildman–Crippen MR) is 87.1 cm³/mol. The number of nitrogens with one attached hydrogen (secondary N) is 1. The van der Waals surface area contributed by atoms with Crippen molar-refractivity contribution in [3.8, 4) is 5.75 Å². The first-order chi connectivity index (χ1) is 9.54. The fourth-order valence-electron chi connectivity index (χ4n) is 1.59. The normalized spacial score (nSPS) is 10.2. The first-order valence-corrected chi connectivity index (χ1v) is 7.57. The average molecular weight is 399 g/mol. The van der Waals surface area contributed by atoms with Gasteiger partial charge in [0.05, 0.1) is 0 Å². The Balaban J connectivity index is 1.88. The molecule has 5 heteroatoms. The predicted octanol–water partition coefficient (Wildman–Crippen LogP) is 4.54. The highest BCUT2D eigenvalue weighted by atomic mass is 79.9. The number of hydrogen-bond donors (Lipinski definition) is 1. The lowest BCUT2D eigenvalue weighted by Crippen LogP contribution is -2.20. The highest BCUT2D eigenvalue weighted by Crippen LogP contribution is 2.21. The van der Waals surface area contributed by atoms with Crippen LogP contribution in [0.2, 0.25) is 0 Å². The number of aryl methyl sites for hydroxylation is 1. The van der Waals surface area contributed by atoms with E-state index in [1.54, 1.807) is 0 Å². The molecule has 2 rings (SSSR count). The van der Waals surface area contributed by atoms with Crippen molar-refractivity contribution in [3.63, 3.8) is 0 Å². The van der Waals surface area contributed by atoms with Gasteiger partial charge in [0.15, 0.2) is 6.61 Å².